The van der Waals surface area contributed by atoms with E-state index in [1.54, 1.807) is 0 Å². The van der Waals surface area contributed by atoms with E-state index in [0.29, 0.717) is 6.42 Å². The molecule has 0 bridgehead atoms. The van der Waals surface area contributed by atoms with Crippen molar-refractivity contribution in [2.45, 2.75) is 12.8 Å². The van der Waals surface area contributed by atoms with Crippen LogP contribution in [0.15, 0.2) is 12.4 Å². The molecule has 1 unspecified atom stereocenters. The molecule has 2 rings (SSSR count). The van der Waals surface area contributed by atoms with E-state index >= 15 is 0 Å². The summed E-state index contributed by atoms with van der Waals surface area (Å²) in [7, 11) is -3.04. The minimum Gasteiger partial charge on any atom is -0.476 e. The fourth-order valence-electron chi connectivity index (χ4n) is 2.06. The molecular weight excluding hydrogens is 286 g/mol. The number of rotatable bonds is 4. The fourth-order valence-corrected chi connectivity index (χ4v) is 3.93. The molecule has 0 radical (unpaired) electrons. The smallest absolute Gasteiger partial charge is 0.358 e. The van der Waals surface area contributed by atoms with E-state index < -0.39 is 21.7 Å². The van der Waals surface area contributed by atoms with Gasteiger partial charge in [-0.25, -0.2) is 23.2 Å². The topological polar surface area (TPSA) is 126 Å². The standard InChI is InChI=1S/C11H13N3O5S/c15-8(5-7-1-4-20(18,19)6-7)14-10-9(11(16)17)12-2-3-13-10/h2-3,7H,1,4-6H2,(H,16,17)(H,13,14,15). The summed E-state index contributed by atoms with van der Waals surface area (Å²) in [6.45, 7) is 0. The Morgan fingerprint density at radius 2 is 2.05 bits per heavy atom. The molecular formula is C11H13N3O5S. The number of nitrogens with zero attached hydrogens (tertiary/aromatic N) is 2. The summed E-state index contributed by atoms with van der Waals surface area (Å²) in [6, 6.07) is 0. The molecule has 1 aromatic rings. The molecule has 2 N–H and O–H groups in total. The average Bonchev–Trinajstić information content (AvgIpc) is 2.68. The Labute approximate surface area is 115 Å². The van der Waals surface area contributed by atoms with Crippen molar-refractivity contribution in [3.8, 4) is 0 Å². The van der Waals surface area contributed by atoms with Gasteiger partial charge in [0.15, 0.2) is 21.3 Å². The first-order chi connectivity index (χ1) is 9.37. The van der Waals surface area contributed by atoms with Crippen LogP contribution in [0.3, 0.4) is 0 Å². The van der Waals surface area contributed by atoms with E-state index in [1.807, 2.05) is 0 Å². The molecule has 2 heterocycles. The molecule has 108 valence electrons. The predicted octanol–water partition coefficient (Wildman–Crippen LogP) is -0.0619. The number of anilines is 1. The van der Waals surface area contributed by atoms with E-state index in [9.17, 15) is 18.0 Å². The molecule has 0 aliphatic carbocycles. The molecule has 1 atom stereocenters. The summed E-state index contributed by atoms with van der Waals surface area (Å²) < 4.78 is 22.6. The van der Waals surface area contributed by atoms with Gasteiger partial charge in [-0.2, -0.15) is 0 Å². The number of carboxylic acids is 1. The molecule has 1 amide bonds. The summed E-state index contributed by atoms with van der Waals surface area (Å²) in [5, 5.41) is 11.3. The van der Waals surface area contributed by atoms with Crippen molar-refractivity contribution >= 4 is 27.5 Å². The van der Waals surface area contributed by atoms with Crippen molar-refractivity contribution in [1.82, 2.24) is 9.97 Å². The monoisotopic (exact) mass is 299 g/mol. The number of aromatic carboxylic acids is 1. The van der Waals surface area contributed by atoms with Crippen LogP contribution in [-0.4, -0.2) is 46.9 Å². The van der Waals surface area contributed by atoms with Crippen molar-refractivity contribution in [1.29, 1.82) is 0 Å². The quantitative estimate of drug-likeness (QED) is 0.797. The molecule has 20 heavy (non-hydrogen) atoms. The number of sulfone groups is 1. The lowest BCUT2D eigenvalue weighted by Gasteiger charge is -2.09. The van der Waals surface area contributed by atoms with E-state index in [4.69, 9.17) is 5.11 Å². The van der Waals surface area contributed by atoms with E-state index in [0.717, 1.165) is 0 Å². The molecule has 0 aromatic carbocycles. The Bertz CT molecular complexity index is 643. The molecule has 1 aliphatic rings. The zero-order valence-electron chi connectivity index (χ0n) is 10.4. The van der Waals surface area contributed by atoms with E-state index in [1.165, 1.54) is 12.4 Å². The molecule has 8 nitrogen and oxygen atoms in total. The summed E-state index contributed by atoms with van der Waals surface area (Å²) in [6.07, 6.45) is 2.95. The second-order valence-corrected chi connectivity index (χ2v) is 6.81. The van der Waals surface area contributed by atoms with Crippen LogP contribution in [-0.2, 0) is 14.6 Å². The van der Waals surface area contributed by atoms with Crippen molar-refractivity contribution in [3.63, 3.8) is 0 Å². The minimum absolute atomic E-state index is 0.00727. The number of amides is 1. The van der Waals surface area contributed by atoms with Crippen LogP contribution in [0.1, 0.15) is 23.3 Å². The molecule has 1 fully saturated rings. The molecule has 1 saturated heterocycles. The molecule has 9 heteroatoms. The minimum atomic E-state index is -3.04. The number of hydrogen-bond acceptors (Lipinski definition) is 6. The number of hydrogen-bond donors (Lipinski definition) is 2. The Kier molecular flexibility index (Phi) is 3.98. The Morgan fingerprint density at radius 3 is 2.65 bits per heavy atom. The lowest BCUT2D eigenvalue weighted by atomic mass is 10.1. The summed E-state index contributed by atoms with van der Waals surface area (Å²) in [5.41, 5.74) is -0.347. The highest BCUT2D eigenvalue weighted by Gasteiger charge is 2.29. The van der Waals surface area contributed by atoms with Gasteiger partial charge in [0.2, 0.25) is 5.91 Å². The molecule has 0 spiro atoms. The number of carbonyl (C=O) groups is 2. The van der Waals surface area contributed by atoms with Gasteiger partial charge in [0.05, 0.1) is 11.5 Å². The van der Waals surface area contributed by atoms with Crippen LogP contribution in [0.4, 0.5) is 5.82 Å². The van der Waals surface area contributed by atoms with Crippen LogP contribution in [0.5, 0.6) is 0 Å². The van der Waals surface area contributed by atoms with Crippen molar-refractivity contribution in [2.24, 2.45) is 5.92 Å². The number of nitrogens with one attached hydrogen (secondary N) is 1. The second kappa shape index (κ2) is 5.53. The average molecular weight is 299 g/mol. The molecule has 1 aliphatic heterocycles. The van der Waals surface area contributed by atoms with E-state index in [2.05, 4.69) is 15.3 Å². The third kappa shape index (κ3) is 3.50. The van der Waals surface area contributed by atoms with Crippen LogP contribution in [0.2, 0.25) is 0 Å². The maximum Gasteiger partial charge on any atom is 0.358 e. The third-order valence-electron chi connectivity index (χ3n) is 2.96. The predicted molar refractivity (Wildman–Crippen MR) is 69.0 cm³/mol. The molecule has 0 saturated carbocycles. The third-order valence-corrected chi connectivity index (χ3v) is 4.80. The maximum absolute atomic E-state index is 11.8. The van der Waals surface area contributed by atoms with Gasteiger partial charge in [-0.05, 0) is 12.3 Å². The highest BCUT2D eigenvalue weighted by Crippen LogP contribution is 2.22. The summed E-state index contributed by atoms with van der Waals surface area (Å²) in [4.78, 5) is 30.1. The highest BCUT2D eigenvalue weighted by molar-refractivity contribution is 7.91. The zero-order chi connectivity index (χ0) is 14.8. The van der Waals surface area contributed by atoms with Crippen molar-refractivity contribution in [2.75, 3.05) is 16.8 Å². The van der Waals surface area contributed by atoms with Gasteiger partial charge in [0.25, 0.3) is 0 Å². The van der Waals surface area contributed by atoms with Crippen molar-refractivity contribution in [3.05, 3.63) is 18.1 Å². The number of carbonyl (C=O) groups excluding carboxylic acids is 1. The van der Waals surface area contributed by atoms with Gasteiger partial charge in [-0.1, -0.05) is 0 Å². The Morgan fingerprint density at radius 1 is 1.35 bits per heavy atom. The van der Waals surface area contributed by atoms with Gasteiger partial charge < -0.3 is 10.4 Å². The Hall–Kier alpha value is -2.03. The lowest BCUT2D eigenvalue weighted by Crippen LogP contribution is -2.20. The lowest BCUT2D eigenvalue weighted by molar-refractivity contribution is -0.116. The van der Waals surface area contributed by atoms with Gasteiger partial charge in [0.1, 0.15) is 0 Å². The summed E-state index contributed by atoms with van der Waals surface area (Å²) >= 11 is 0. The first-order valence-corrected chi connectivity index (χ1v) is 7.74. The molecule has 1 aromatic heterocycles. The summed E-state index contributed by atoms with van der Waals surface area (Å²) in [5.74, 6) is -2.04. The van der Waals surface area contributed by atoms with Crippen LogP contribution >= 0.6 is 0 Å². The first-order valence-electron chi connectivity index (χ1n) is 5.92. The van der Waals surface area contributed by atoms with Crippen LogP contribution < -0.4 is 5.32 Å². The fraction of sp³-hybridized carbons (Fsp3) is 0.455. The van der Waals surface area contributed by atoms with Gasteiger partial charge in [0, 0.05) is 18.8 Å². The van der Waals surface area contributed by atoms with Gasteiger partial charge in [-0.3, -0.25) is 4.79 Å². The first kappa shape index (κ1) is 14.4. The zero-order valence-corrected chi connectivity index (χ0v) is 11.3. The SMILES string of the molecule is O=C(CC1CCS(=O)(=O)C1)Nc1nccnc1C(=O)O. The Balaban J connectivity index is 2.01. The normalized spacial score (nSPS) is 20.5. The number of carboxylic acid groups (broad SMARTS) is 1. The van der Waals surface area contributed by atoms with Crippen LogP contribution in [0, 0.1) is 5.92 Å². The van der Waals surface area contributed by atoms with Gasteiger partial charge >= 0.3 is 5.97 Å². The highest BCUT2D eigenvalue weighted by atomic mass is 32.2. The van der Waals surface area contributed by atoms with Crippen LogP contribution in [0.25, 0.3) is 0 Å². The maximum atomic E-state index is 11.8. The largest absolute Gasteiger partial charge is 0.476 e. The number of aromatic nitrogens is 2. The van der Waals surface area contributed by atoms with Crippen molar-refractivity contribution < 1.29 is 23.1 Å². The van der Waals surface area contributed by atoms with Gasteiger partial charge in [-0.15, -0.1) is 0 Å². The van der Waals surface area contributed by atoms with E-state index in [-0.39, 0.29) is 35.4 Å². The second-order valence-electron chi connectivity index (χ2n) is 4.58.